The third kappa shape index (κ3) is 1.50. The van der Waals surface area contributed by atoms with Crippen molar-refractivity contribution in [3.63, 3.8) is 0 Å². The molecule has 0 radical (unpaired) electrons. The fourth-order valence-electron chi connectivity index (χ4n) is 2.15. The fraction of sp³-hybridized carbons (Fsp3) is 0.0714. The van der Waals surface area contributed by atoms with Gasteiger partial charge < -0.3 is 10.1 Å². The van der Waals surface area contributed by atoms with Gasteiger partial charge in [0.1, 0.15) is 5.75 Å². The number of para-hydroxylation sites is 1. The molecule has 4 heteroatoms. The van der Waals surface area contributed by atoms with Gasteiger partial charge in [-0.05, 0) is 30.7 Å². The molecule has 4 nitrogen and oxygen atoms in total. The van der Waals surface area contributed by atoms with Crippen molar-refractivity contribution in [3.05, 3.63) is 58.5 Å². The molecule has 1 heterocycles. The maximum Gasteiger partial charge on any atom is 0.331 e. The Balaban J connectivity index is 2.40. The van der Waals surface area contributed by atoms with Gasteiger partial charge in [0, 0.05) is 6.07 Å². The number of phenolic OH excluding ortho intramolecular Hbond substituents is 1. The molecule has 90 valence electrons. The van der Waals surface area contributed by atoms with Gasteiger partial charge in [-0.25, -0.2) is 4.79 Å². The fourth-order valence-corrected chi connectivity index (χ4v) is 2.15. The van der Waals surface area contributed by atoms with Gasteiger partial charge in [0.05, 0.1) is 16.7 Å². The van der Waals surface area contributed by atoms with Crippen molar-refractivity contribution in [3.8, 4) is 11.4 Å². The number of rotatable bonds is 1. The van der Waals surface area contributed by atoms with E-state index in [4.69, 9.17) is 0 Å². The van der Waals surface area contributed by atoms with Crippen molar-refractivity contribution in [2.24, 2.45) is 0 Å². The number of hydrogen-bond donors (Lipinski definition) is 2. The van der Waals surface area contributed by atoms with Crippen LogP contribution in [0.3, 0.4) is 0 Å². The topological polar surface area (TPSA) is 58.0 Å². The summed E-state index contributed by atoms with van der Waals surface area (Å²) in [4.78, 5) is 14.8. The summed E-state index contributed by atoms with van der Waals surface area (Å²) in [7, 11) is 0. The van der Waals surface area contributed by atoms with Crippen molar-refractivity contribution < 1.29 is 5.11 Å². The van der Waals surface area contributed by atoms with Gasteiger partial charge in [-0.3, -0.25) is 4.57 Å². The number of nitrogens with one attached hydrogen (secondary N) is 1. The van der Waals surface area contributed by atoms with E-state index in [0.29, 0.717) is 5.52 Å². The highest BCUT2D eigenvalue weighted by Crippen LogP contribution is 2.21. The Morgan fingerprint density at radius 3 is 2.72 bits per heavy atom. The van der Waals surface area contributed by atoms with Crippen LogP contribution in [0.2, 0.25) is 0 Å². The van der Waals surface area contributed by atoms with Crippen LogP contribution in [0.5, 0.6) is 5.75 Å². The molecule has 2 aromatic carbocycles. The number of imidazole rings is 1. The third-order valence-corrected chi connectivity index (χ3v) is 3.02. The molecule has 0 atom stereocenters. The first-order valence-electron chi connectivity index (χ1n) is 5.66. The van der Waals surface area contributed by atoms with E-state index in [0.717, 1.165) is 16.8 Å². The number of aromatic nitrogens is 2. The number of aryl methyl sites for hydroxylation is 1. The second kappa shape index (κ2) is 3.77. The standard InChI is InChI=1S/C14H12N2O2/c1-9-4-2-3-5-12(9)16-13-7-6-10(17)8-11(13)15-14(16)18/h2-8,17H,1H3,(H,15,18). The number of nitrogens with zero attached hydrogens (tertiary/aromatic N) is 1. The van der Waals surface area contributed by atoms with Crippen LogP contribution < -0.4 is 5.69 Å². The third-order valence-electron chi connectivity index (χ3n) is 3.02. The Hall–Kier alpha value is -2.49. The van der Waals surface area contributed by atoms with Crippen LogP contribution in [0.1, 0.15) is 5.56 Å². The SMILES string of the molecule is Cc1ccccc1-n1c(=O)[nH]c2cc(O)ccc21. The van der Waals surface area contributed by atoms with Gasteiger partial charge in [-0.2, -0.15) is 0 Å². The molecule has 0 saturated carbocycles. The van der Waals surface area contributed by atoms with Gasteiger partial charge in [0.2, 0.25) is 0 Å². The van der Waals surface area contributed by atoms with E-state index in [1.807, 2.05) is 31.2 Å². The summed E-state index contributed by atoms with van der Waals surface area (Å²) in [6.45, 7) is 1.96. The normalized spacial score (nSPS) is 10.9. The Bertz CT molecular complexity index is 784. The molecule has 3 rings (SSSR count). The molecule has 0 fully saturated rings. The molecule has 1 aromatic heterocycles. The van der Waals surface area contributed by atoms with Crippen LogP contribution >= 0.6 is 0 Å². The summed E-state index contributed by atoms with van der Waals surface area (Å²) < 4.78 is 1.62. The van der Waals surface area contributed by atoms with Crippen LogP contribution in [0, 0.1) is 6.92 Å². The van der Waals surface area contributed by atoms with Gasteiger partial charge in [0.25, 0.3) is 0 Å². The van der Waals surface area contributed by atoms with E-state index >= 15 is 0 Å². The second-order valence-electron chi connectivity index (χ2n) is 4.25. The Morgan fingerprint density at radius 1 is 1.17 bits per heavy atom. The minimum absolute atomic E-state index is 0.140. The number of fused-ring (bicyclic) bond motifs is 1. The largest absolute Gasteiger partial charge is 0.508 e. The number of phenols is 1. The zero-order valence-electron chi connectivity index (χ0n) is 9.84. The van der Waals surface area contributed by atoms with E-state index in [1.165, 1.54) is 0 Å². The maximum absolute atomic E-state index is 12.0. The first-order chi connectivity index (χ1) is 8.66. The van der Waals surface area contributed by atoms with Crippen LogP contribution in [0.4, 0.5) is 0 Å². The lowest BCUT2D eigenvalue weighted by atomic mass is 10.2. The molecule has 0 unspecified atom stereocenters. The van der Waals surface area contributed by atoms with Crippen LogP contribution in [-0.2, 0) is 0 Å². The summed E-state index contributed by atoms with van der Waals surface area (Å²) in [6, 6.07) is 12.5. The van der Waals surface area contributed by atoms with E-state index in [-0.39, 0.29) is 11.4 Å². The zero-order chi connectivity index (χ0) is 12.7. The Labute approximate surface area is 103 Å². The van der Waals surface area contributed by atoms with E-state index < -0.39 is 0 Å². The first kappa shape index (κ1) is 10.7. The molecular formula is C14H12N2O2. The lowest BCUT2D eigenvalue weighted by molar-refractivity contribution is 0.476. The number of aromatic hydroxyl groups is 1. The average molecular weight is 240 g/mol. The van der Waals surface area contributed by atoms with E-state index in [2.05, 4.69) is 4.98 Å². The molecule has 0 bridgehead atoms. The quantitative estimate of drug-likeness (QED) is 0.685. The summed E-state index contributed by atoms with van der Waals surface area (Å²) in [5.74, 6) is 0.140. The van der Waals surface area contributed by atoms with E-state index in [9.17, 15) is 9.90 Å². The Morgan fingerprint density at radius 2 is 1.94 bits per heavy atom. The summed E-state index contributed by atoms with van der Waals surface area (Å²) in [5.41, 5.74) is 3.05. The number of hydrogen-bond acceptors (Lipinski definition) is 2. The smallest absolute Gasteiger partial charge is 0.331 e. The van der Waals surface area contributed by atoms with Gasteiger partial charge in [-0.15, -0.1) is 0 Å². The van der Waals surface area contributed by atoms with Crippen molar-refractivity contribution in [1.29, 1.82) is 0 Å². The number of aromatic amines is 1. The molecule has 0 saturated heterocycles. The van der Waals surface area contributed by atoms with Gasteiger partial charge in [-0.1, -0.05) is 18.2 Å². The highest BCUT2D eigenvalue weighted by molar-refractivity contribution is 5.79. The maximum atomic E-state index is 12.0. The van der Waals surface area contributed by atoms with Crippen molar-refractivity contribution in [1.82, 2.24) is 9.55 Å². The molecule has 2 N–H and O–H groups in total. The summed E-state index contributed by atoms with van der Waals surface area (Å²) in [5, 5.41) is 9.42. The second-order valence-corrected chi connectivity index (χ2v) is 4.25. The predicted molar refractivity (Wildman–Crippen MR) is 70.3 cm³/mol. The molecule has 18 heavy (non-hydrogen) atoms. The summed E-state index contributed by atoms with van der Waals surface area (Å²) in [6.07, 6.45) is 0. The molecule has 0 aliphatic rings. The van der Waals surface area contributed by atoms with Crippen molar-refractivity contribution in [2.45, 2.75) is 6.92 Å². The molecule has 0 amide bonds. The van der Waals surface area contributed by atoms with Crippen LogP contribution in [0.25, 0.3) is 16.7 Å². The molecule has 3 aromatic rings. The lowest BCUT2D eigenvalue weighted by Crippen LogP contribution is -2.15. The highest BCUT2D eigenvalue weighted by Gasteiger charge is 2.10. The zero-order valence-corrected chi connectivity index (χ0v) is 9.84. The molecule has 0 aliphatic carbocycles. The minimum Gasteiger partial charge on any atom is -0.508 e. The average Bonchev–Trinajstić information content (AvgIpc) is 2.65. The molecule has 0 spiro atoms. The first-order valence-corrected chi connectivity index (χ1v) is 5.66. The van der Waals surface area contributed by atoms with Gasteiger partial charge in [0.15, 0.2) is 0 Å². The van der Waals surface area contributed by atoms with Crippen molar-refractivity contribution >= 4 is 11.0 Å². The minimum atomic E-state index is -0.204. The van der Waals surface area contributed by atoms with Crippen molar-refractivity contribution in [2.75, 3.05) is 0 Å². The molecule has 0 aliphatic heterocycles. The van der Waals surface area contributed by atoms with E-state index in [1.54, 1.807) is 22.8 Å². The summed E-state index contributed by atoms with van der Waals surface area (Å²) >= 11 is 0. The monoisotopic (exact) mass is 240 g/mol. The highest BCUT2D eigenvalue weighted by atomic mass is 16.3. The lowest BCUT2D eigenvalue weighted by Gasteiger charge is -2.06. The predicted octanol–water partition coefficient (Wildman–Crippen LogP) is 2.33. The van der Waals surface area contributed by atoms with Gasteiger partial charge >= 0.3 is 5.69 Å². The number of benzene rings is 2. The van der Waals surface area contributed by atoms with Crippen LogP contribution in [0.15, 0.2) is 47.3 Å². The van der Waals surface area contributed by atoms with Crippen LogP contribution in [-0.4, -0.2) is 14.7 Å². The number of H-pyrrole nitrogens is 1. The Kier molecular flexibility index (Phi) is 2.23. The molecular weight excluding hydrogens is 228 g/mol.